The Morgan fingerprint density at radius 2 is 2.00 bits per heavy atom. The highest BCUT2D eigenvalue weighted by Gasteiger charge is 2.45. The summed E-state index contributed by atoms with van der Waals surface area (Å²) in [5, 5.41) is 0. The molecule has 2 rings (SSSR count). The Kier molecular flexibility index (Phi) is 1.85. The van der Waals surface area contributed by atoms with Crippen molar-refractivity contribution >= 4 is 5.97 Å². The van der Waals surface area contributed by atoms with Crippen molar-refractivity contribution in [1.82, 2.24) is 0 Å². The second kappa shape index (κ2) is 2.75. The van der Waals surface area contributed by atoms with Crippen LogP contribution in [-0.4, -0.2) is 12.1 Å². The molecule has 0 aromatic rings. The van der Waals surface area contributed by atoms with E-state index in [1.54, 1.807) is 0 Å². The van der Waals surface area contributed by atoms with Crippen molar-refractivity contribution < 1.29 is 9.53 Å². The third-order valence-electron chi connectivity index (χ3n) is 3.46. The van der Waals surface area contributed by atoms with E-state index in [2.05, 4.69) is 6.92 Å². The van der Waals surface area contributed by atoms with Crippen LogP contribution in [0.15, 0.2) is 0 Å². The fourth-order valence-electron chi connectivity index (χ4n) is 2.87. The van der Waals surface area contributed by atoms with E-state index in [0.29, 0.717) is 5.92 Å². The van der Waals surface area contributed by atoms with E-state index >= 15 is 0 Å². The maximum atomic E-state index is 10.7. The first-order valence-electron chi connectivity index (χ1n) is 4.84. The van der Waals surface area contributed by atoms with Gasteiger partial charge in [-0.25, -0.2) is 0 Å². The summed E-state index contributed by atoms with van der Waals surface area (Å²) in [6.45, 7) is 3.82. The Hall–Kier alpha value is -0.530. The molecule has 4 atom stereocenters. The highest BCUT2D eigenvalue weighted by molar-refractivity contribution is 5.66. The van der Waals surface area contributed by atoms with Gasteiger partial charge in [0.25, 0.3) is 0 Å². The van der Waals surface area contributed by atoms with Crippen LogP contribution >= 0.6 is 0 Å². The van der Waals surface area contributed by atoms with E-state index in [0.717, 1.165) is 18.3 Å². The number of hydrogen-bond acceptors (Lipinski definition) is 2. The van der Waals surface area contributed by atoms with E-state index < -0.39 is 0 Å². The molecule has 68 valence electrons. The number of ether oxygens (including phenoxy) is 1. The molecule has 0 aromatic carbocycles. The zero-order valence-electron chi connectivity index (χ0n) is 7.75. The topological polar surface area (TPSA) is 26.3 Å². The highest BCUT2D eigenvalue weighted by Crippen LogP contribution is 2.49. The van der Waals surface area contributed by atoms with Gasteiger partial charge in [0, 0.05) is 6.92 Å². The number of fused-ring (bicyclic) bond motifs is 2. The highest BCUT2D eigenvalue weighted by atomic mass is 16.5. The van der Waals surface area contributed by atoms with Crippen LogP contribution in [0, 0.1) is 17.8 Å². The third kappa shape index (κ3) is 1.23. The molecule has 0 aromatic heterocycles. The molecule has 2 saturated carbocycles. The molecule has 2 heteroatoms. The zero-order chi connectivity index (χ0) is 8.72. The number of hydrogen-bond donors (Lipinski definition) is 0. The maximum absolute atomic E-state index is 10.7. The molecular formula is C10H16O2. The van der Waals surface area contributed by atoms with Crippen molar-refractivity contribution in [1.29, 1.82) is 0 Å². The van der Waals surface area contributed by atoms with Crippen LogP contribution in [0.5, 0.6) is 0 Å². The lowest BCUT2D eigenvalue weighted by Crippen LogP contribution is -2.25. The molecule has 2 nitrogen and oxygen atoms in total. The molecule has 0 amide bonds. The van der Waals surface area contributed by atoms with Crippen molar-refractivity contribution in [2.24, 2.45) is 17.8 Å². The van der Waals surface area contributed by atoms with Gasteiger partial charge in [0.1, 0.15) is 6.10 Å². The summed E-state index contributed by atoms with van der Waals surface area (Å²) in [7, 11) is 0. The van der Waals surface area contributed by atoms with Crippen molar-refractivity contribution in [2.75, 3.05) is 0 Å². The molecule has 0 aliphatic heterocycles. The first-order chi connectivity index (χ1) is 5.66. The Morgan fingerprint density at radius 1 is 1.25 bits per heavy atom. The maximum Gasteiger partial charge on any atom is 0.302 e. The predicted molar refractivity (Wildman–Crippen MR) is 45.5 cm³/mol. The molecule has 0 spiro atoms. The van der Waals surface area contributed by atoms with Crippen LogP contribution in [0.25, 0.3) is 0 Å². The Labute approximate surface area is 73.3 Å². The van der Waals surface area contributed by atoms with E-state index in [-0.39, 0.29) is 12.1 Å². The molecule has 0 radical (unpaired) electrons. The zero-order valence-corrected chi connectivity index (χ0v) is 7.75. The van der Waals surface area contributed by atoms with Crippen molar-refractivity contribution in [2.45, 2.75) is 39.2 Å². The summed E-state index contributed by atoms with van der Waals surface area (Å²) in [6, 6.07) is 0. The van der Waals surface area contributed by atoms with Gasteiger partial charge in [0.05, 0.1) is 0 Å². The van der Waals surface area contributed by atoms with Gasteiger partial charge in [-0.15, -0.1) is 0 Å². The van der Waals surface area contributed by atoms with Crippen molar-refractivity contribution in [3.8, 4) is 0 Å². The van der Waals surface area contributed by atoms with Crippen LogP contribution in [0.3, 0.4) is 0 Å². The van der Waals surface area contributed by atoms with Crippen LogP contribution in [0.1, 0.15) is 33.1 Å². The number of rotatable bonds is 1. The number of carbonyl (C=O) groups excluding carboxylic acids is 1. The van der Waals surface area contributed by atoms with Gasteiger partial charge in [-0.05, 0) is 37.0 Å². The smallest absolute Gasteiger partial charge is 0.302 e. The quantitative estimate of drug-likeness (QED) is 0.560. The average molecular weight is 168 g/mol. The molecule has 0 heterocycles. The molecule has 2 bridgehead atoms. The normalized spacial score (nSPS) is 44.8. The summed E-state index contributed by atoms with van der Waals surface area (Å²) >= 11 is 0. The molecular weight excluding hydrogens is 152 g/mol. The molecule has 2 aliphatic carbocycles. The van der Waals surface area contributed by atoms with Gasteiger partial charge in [0.15, 0.2) is 0 Å². The first-order valence-corrected chi connectivity index (χ1v) is 4.84. The van der Waals surface area contributed by atoms with Gasteiger partial charge in [-0.1, -0.05) is 6.92 Å². The van der Waals surface area contributed by atoms with Gasteiger partial charge < -0.3 is 4.74 Å². The average Bonchev–Trinajstić information content (AvgIpc) is 2.44. The van der Waals surface area contributed by atoms with E-state index in [4.69, 9.17) is 4.74 Å². The van der Waals surface area contributed by atoms with Gasteiger partial charge in [-0.3, -0.25) is 4.79 Å². The fourth-order valence-corrected chi connectivity index (χ4v) is 2.87. The Bertz CT molecular complexity index is 198. The van der Waals surface area contributed by atoms with Gasteiger partial charge in [0.2, 0.25) is 0 Å². The SMILES string of the molecule is CC(=O)OC1CC2CC1C[C@H]2C. The molecule has 12 heavy (non-hydrogen) atoms. The first kappa shape index (κ1) is 8.09. The van der Waals surface area contributed by atoms with Crippen LogP contribution < -0.4 is 0 Å². The summed E-state index contributed by atoms with van der Waals surface area (Å²) in [4.78, 5) is 10.7. The third-order valence-corrected chi connectivity index (χ3v) is 3.46. The van der Waals surface area contributed by atoms with E-state index in [9.17, 15) is 4.79 Å². The van der Waals surface area contributed by atoms with Crippen molar-refractivity contribution in [3.05, 3.63) is 0 Å². The van der Waals surface area contributed by atoms with Crippen LogP contribution in [0.2, 0.25) is 0 Å². The minimum atomic E-state index is -0.111. The summed E-state index contributed by atoms with van der Waals surface area (Å²) in [6.07, 6.45) is 3.93. The van der Waals surface area contributed by atoms with E-state index in [1.165, 1.54) is 19.8 Å². The summed E-state index contributed by atoms with van der Waals surface area (Å²) < 4.78 is 5.25. The molecule has 2 aliphatic rings. The minimum absolute atomic E-state index is 0.111. The number of carbonyl (C=O) groups is 1. The van der Waals surface area contributed by atoms with E-state index in [1.807, 2.05) is 0 Å². The van der Waals surface area contributed by atoms with Crippen LogP contribution in [-0.2, 0) is 9.53 Å². The predicted octanol–water partition coefficient (Wildman–Crippen LogP) is 1.98. The summed E-state index contributed by atoms with van der Waals surface area (Å²) in [5.74, 6) is 2.26. The van der Waals surface area contributed by atoms with Crippen molar-refractivity contribution in [3.63, 3.8) is 0 Å². The second-order valence-electron chi connectivity index (χ2n) is 4.35. The lowest BCUT2D eigenvalue weighted by molar-refractivity contribution is -0.149. The molecule has 0 N–H and O–H groups in total. The monoisotopic (exact) mass is 168 g/mol. The summed E-state index contributed by atoms with van der Waals surface area (Å²) in [5.41, 5.74) is 0. The fraction of sp³-hybridized carbons (Fsp3) is 0.900. The molecule has 0 saturated heterocycles. The van der Waals surface area contributed by atoms with Gasteiger partial charge >= 0.3 is 5.97 Å². The standard InChI is InChI=1S/C10H16O2/c1-6-3-9-4-8(6)5-10(9)12-7(2)11/h6,8-10H,3-5H2,1-2H3/t6-,8?,9?,10?/m1/s1. The molecule has 3 unspecified atom stereocenters. The van der Waals surface area contributed by atoms with Gasteiger partial charge in [-0.2, -0.15) is 0 Å². The second-order valence-corrected chi connectivity index (χ2v) is 4.35. The Balaban J connectivity index is 1.94. The minimum Gasteiger partial charge on any atom is -0.462 e. The Morgan fingerprint density at radius 3 is 2.42 bits per heavy atom. The van der Waals surface area contributed by atoms with Crippen LogP contribution in [0.4, 0.5) is 0 Å². The molecule has 2 fully saturated rings. The number of esters is 1. The lowest BCUT2D eigenvalue weighted by Gasteiger charge is -2.24. The lowest BCUT2D eigenvalue weighted by atomic mass is 9.89. The largest absolute Gasteiger partial charge is 0.462 e.